The summed E-state index contributed by atoms with van der Waals surface area (Å²) in [5, 5.41) is 10.1. The number of allylic oxidation sites excluding steroid dienone is 2. The minimum absolute atomic E-state index is 0.0466. The number of methoxy groups -OCH3 is 1. The van der Waals surface area contributed by atoms with Gasteiger partial charge in [0.2, 0.25) is 5.88 Å². The van der Waals surface area contributed by atoms with Crippen LogP contribution in [0.2, 0.25) is 10.0 Å². The normalized spacial score (nSPS) is 17.0. The number of rotatable bonds is 4. The van der Waals surface area contributed by atoms with Crippen molar-refractivity contribution >= 4 is 29.2 Å². The van der Waals surface area contributed by atoms with Gasteiger partial charge in [0.05, 0.1) is 30.2 Å². The first-order valence-corrected chi connectivity index (χ1v) is 8.09. The highest BCUT2D eigenvalue weighted by molar-refractivity contribution is 6.35. The Bertz CT molecular complexity index is 825. The minimum atomic E-state index is -0.871. The van der Waals surface area contributed by atoms with Gasteiger partial charge in [0.25, 0.3) is 0 Å². The second kappa shape index (κ2) is 7.68. The summed E-state index contributed by atoms with van der Waals surface area (Å²) in [5.41, 5.74) is 6.46. The number of nitriles is 1. The van der Waals surface area contributed by atoms with Gasteiger partial charge in [0.15, 0.2) is 0 Å². The van der Waals surface area contributed by atoms with Gasteiger partial charge in [-0.25, -0.2) is 4.79 Å². The van der Waals surface area contributed by atoms with Crippen LogP contribution < -0.4 is 10.5 Å². The summed E-state index contributed by atoms with van der Waals surface area (Å²) in [5.74, 6) is -1.07. The Labute approximate surface area is 155 Å². The topological polar surface area (TPSA) is 94.6 Å². The molecule has 1 aliphatic heterocycles. The first-order chi connectivity index (χ1) is 11.8. The number of benzene rings is 1. The van der Waals surface area contributed by atoms with Crippen LogP contribution in [0.15, 0.2) is 34.9 Å². The first kappa shape index (κ1) is 19.0. The van der Waals surface area contributed by atoms with E-state index >= 15 is 0 Å². The highest BCUT2D eigenvalue weighted by Gasteiger charge is 2.38. The van der Waals surface area contributed by atoms with E-state index in [1.54, 1.807) is 19.9 Å². The molecule has 0 aromatic heterocycles. The number of halogens is 2. The lowest BCUT2D eigenvalue weighted by Crippen LogP contribution is -2.26. The molecular weight excluding hydrogens is 367 g/mol. The van der Waals surface area contributed by atoms with Gasteiger partial charge in [0, 0.05) is 10.6 Å². The second-order valence-electron chi connectivity index (χ2n) is 5.13. The monoisotopic (exact) mass is 382 g/mol. The van der Waals surface area contributed by atoms with Crippen molar-refractivity contribution in [1.82, 2.24) is 0 Å². The van der Waals surface area contributed by atoms with Crippen LogP contribution >= 0.6 is 23.2 Å². The summed E-state index contributed by atoms with van der Waals surface area (Å²) in [4.78, 5) is 12.5. The van der Waals surface area contributed by atoms with E-state index in [0.717, 1.165) is 0 Å². The van der Waals surface area contributed by atoms with Crippen molar-refractivity contribution in [2.45, 2.75) is 19.8 Å². The number of carbonyl (C=O) groups is 1. The maximum absolute atomic E-state index is 12.5. The molecule has 1 aromatic carbocycles. The second-order valence-corrected chi connectivity index (χ2v) is 5.97. The molecule has 1 aliphatic rings. The van der Waals surface area contributed by atoms with Gasteiger partial charge >= 0.3 is 5.97 Å². The lowest BCUT2D eigenvalue weighted by Gasteiger charge is -2.28. The molecule has 0 fully saturated rings. The van der Waals surface area contributed by atoms with Crippen LogP contribution in [0.3, 0.4) is 0 Å². The molecule has 0 bridgehead atoms. The van der Waals surface area contributed by atoms with Gasteiger partial charge in [-0.2, -0.15) is 5.26 Å². The molecule has 0 saturated heterocycles. The van der Waals surface area contributed by atoms with Crippen molar-refractivity contribution in [2.75, 3.05) is 13.7 Å². The molecule has 1 atom stereocenters. The van der Waals surface area contributed by atoms with Crippen molar-refractivity contribution in [3.8, 4) is 11.8 Å². The van der Waals surface area contributed by atoms with E-state index in [0.29, 0.717) is 10.6 Å². The first-order valence-electron chi connectivity index (χ1n) is 7.34. The number of nitrogens with two attached hydrogens (primary N) is 1. The van der Waals surface area contributed by atoms with Crippen molar-refractivity contribution < 1.29 is 19.0 Å². The summed E-state index contributed by atoms with van der Waals surface area (Å²) in [7, 11) is 1.43. The number of ether oxygens (including phenoxy) is 3. The Kier molecular flexibility index (Phi) is 5.83. The van der Waals surface area contributed by atoms with E-state index in [9.17, 15) is 10.1 Å². The fourth-order valence-corrected chi connectivity index (χ4v) is 3.26. The Morgan fingerprint density at radius 2 is 2.12 bits per heavy atom. The maximum Gasteiger partial charge on any atom is 0.338 e. The summed E-state index contributed by atoms with van der Waals surface area (Å²) >= 11 is 12.3. The van der Waals surface area contributed by atoms with Crippen LogP contribution in [0.25, 0.3) is 0 Å². The van der Waals surface area contributed by atoms with Crippen LogP contribution in [-0.4, -0.2) is 19.7 Å². The standard InChI is InChI=1S/C17H16Cl2N2O4/c1-4-24-17(22)13-8(2)25-16(21)11(7-20)14(13)10-5-9(18)6-12(19)15(10)23-3/h5-6,14H,4,21H2,1-3H3/t14-/m1/s1. The van der Waals surface area contributed by atoms with Gasteiger partial charge in [-0.15, -0.1) is 0 Å². The van der Waals surface area contributed by atoms with E-state index in [2.05, 4.69) is 0 Å². The summed E-state index contributed by atoms with van der Waals surface area (Å²) in [6.45, 7) is 3.41. The molecule has 0 saturated carbocycles. The highest BCUT2D eigenvalue weighted by atomic mass is 35.5. The largest absolute Gasteiger partial charge is 0.495 e. The zero-order chi connectivity index (χ0) is 18.7. The van der Waals surface area contributed by atoms with E-state index in [-0.39, 0.29) is 40.2 Å². The molecule has 2 N–H and O–H groups in total. The Morgan fingerprint density at radius 3 is 2.68 bits per heavy atom. The summed E-state index contributed by atoms with van der Waals surface area (Å²) in [6.07, 6.45) is 0. The molecule has 0 radical (unpaired) electrons. The molecule has 0 spiro atoms. The fraction of sp³-hybridized carbons (Fsp3) is 0.294. The third kappa shape index (κ3) is 3.53. The lowest BCUT2D eigenvalue weighted by atomic mass is 9.82. The van der Waals surface area contributed by atoms with Gasteiger partial charge in [-0.05, 0) is 26.0 Å². The molecular formula is C17H16Cl2N2O4. The zero-order valence-corrected chi connectivity index (χ0v) is 15.4. The number of carbonyl (C=O) groups excluding carboxylic acids is 1. The quantitative estimate of drug-likeness (QED) is 0.798. The molecule has 1 aromatic rings. The highest BCUT2D eigenvalue weighted by Crippen LogP contribution is 2.46. The molecule has 0 unspecified atom stereocenters. The molecule has 8 heteroatoms. The Morgan fingerprint density at radius 1 is 1.44 bits per heavy atom. The summed E-state index contributed by atoms with van der Waals surface area (Å²) < 4.78 is 15.8. The number of hydrogen-bond acceptors (Lipinski definition) is 6. The average molecular weight is 383 g/mol. The molecule has 25 heavy (non-hydrogen) atoms. The Hall–Kier alpha value is -2.36. The average Bonchev–Trinajstić information content (AvgIpc) is 2.53. The van der Waals surface area contributed by atoms with Gasteiger partial charge in [-0.1, -0.05) is 23.2 Å². The third-order valence-corrected chi connectivity index (χ3v) is 4.15. The van der Waals surface area contributed by atoms with Crippen molar-refractivity contribution in [2.24, 2.45) is 5.73 Å². The van der Waals surface area contributed by atoms with E-state index in [1.165, 1.54) is 13.2 Å². The van der Waals surface area contributed by atoms with Crippen molar-refractivity contribution in [1.29, 1.82) is 5.26 Å². The predicted molar refractivity (Wildman–Crippen MR) is 93.0 cm³/mol. The van der Waals surface area contributed by atoms with Crippen LogP contribution in [0.4, 0.5) is 0 Å². The zero-order valence-electron chi connectivity index (χ0n) is 13.9. The van der Waals surface area contributed by atoms with E-state index < -0.39 is 11.9 Å². The predicted octanol–water partition coefficient (Wildman–Crippen LogP) is 3.65. The van der Waals surface area contributed by atoms with Gasteiger partial charge in [-0.3, -0.25) is 0 Å². The maximum atomic E-state index is 12.5. The van der Waals surface area contributed by atoms with Crippen LogP contribution in [0.1, 0.15) is 25.3 Å². The van der Waals surface area contributed by atoms with E-state index in [1.807, 2.05) is 6.07 Å². The fourth-order valence-electron chi connectivity index (χ4n) is 2.68. The Balaban J connectivity index is 2.78. The SMILES string of the molecule is CCOC(=O)C1=C(C)OC(N)=C(C#N)[C@H]1c1cc(Cl)cc(Cl)c1OC. The van der Waals surface area contributed by atoms with Crippen LogP contribution in [0.5, 0.6) is 5.75 Å². The third-order valence-electron chi connectivity index (χ3n) is 3.65. The van der Waals surface area contributed by atoms with Gasteiger partial charge in [0.1, 0.15) is 23.2 Å². The molecule has 1 heterocycles. The van der Waals surface area contributed by atoms with Crippen LogP contribution in [-0.2, 0) is 14.3 Å². The van der Waals surface area contributed by atoms with E-state index in [4.69, 9.17) is 43.1 Å². The van der Waals surface area contributed by atoms with Crippen LogP contribution in [0, 0.1) is 11.3 Å². The van der Waals surface area contributed by atoms with Crippen molar-refractivity contribution in [3.05, 3.63) is 50.5 Å². The number of nitrogens with zero attached hydrogens (tertiary/aromatic N) is 1. The summed E-state index contributed by atoms with van der Waals surface area (Å²) in [6, 6.07) is 5.06. The minimum Gasteiger partial charge on any atom is -0.495 e. The smallest absolute Gasteiger partial charge is 0.338 e. The molecule has 132 valence electrons. The molecule has 0 amide bonds. The van der Waals surface area contributed by atoms with Crippen molar-refractivity contribution in [3.63, 3.8) is 0 Å². The number of hydrogen-bond donors (Lipinski definition) is 1. The van der Waals surface area contributed by atoms with Gasteiger partial charge < -0.3 is 19.9 Å². The molecule has 6 nitrogen and oxygen atoms in total. The molecule has 2 rings (SSSR count). The lowest BCUT2D eigenvalue weighted by molar-refractivity contribution is -0.139. The molecule has 0 aliphatic carbocycles. The number of esters is 1.